The first-order valence-corrected chi connectivity index (χ1v) is 4.72. The smallest absolute Gasteiger partial charge is 0.109 e. The van der Waals surface area contributed by atoms with E-state index in [1.807, 2.05) is 13.0 Å². The van der Waals surface area contributed by atoms with E-state index < -0.39 is 0 Å². The van der Waals surface area contributed by atoms with Gasteiger partial charge >= 0.3 is 0 Å². The zero-order valence-corrected chi connectivity index (χ0v) is 8.16. The summed E-state index contributed by atoms with van der Waals surface area (Å²) < 4.78 is 5.40. The van der Waals surface area contributed by atoms with Crippen molar-refractivity contribution in [3.05, 3.63) is 23.7 Å². The summed E-state index contributed by atoms with van der Waals surface area (Å²) in [7, 11) is 2.12. The van der Waals surface area contributed by atoms with Crippen LogP contribution in [-0.2, 0) is 6.42 Å². The third-order valence-electron chi connectivity index (χ3n) is 2.76. The Kier molecular flexibility index (Phi) is 2.14. The van der Waals surface area contributed by atoms with Crippen LogP contribution in [0.15, 0.2) is 16.7 Å². The molecule has 0 spiro atoms. The summed E-state index contributed by atoms with van der Waals surface area (Å²) in [6.45, 7) is 3.08. The number of likely N-dealkylation sites (N-methyl/N-ethyl adjacent to an activating group) is 1. The molecule has 72 valence electrons. The fraction of sp³-hybridized carbons (Fsp3) is 0.600. The Morgan fingerprint density at radius 1 is 1.69 bits per heavy atom. The van der Waals surface area contributed by atoms with Crippen molar-refractivity contribution >= 4 is 0 Å². The van der Waals surface area contributed by atoms with Gasteiger partial charge in [0.05, 0.1) is 12.3 Å². The maximum Gasteiger partial charge on any atom is 0.109 e. The van der Waals surface area contributed by atoms with Crippen LogP contribution >= 0.6 is 0 Å². The molecule has 1 aliphatic rings. The SMILES string of the molecule is CC(N)C1c2ccoc2CCN1C. The van der Waals surface area contributed by atoms with E-state index in [9.17, 15) is 0 Å². The van der Waals surface area contributed by atoms with E-state index >= 15 is 0 Å². The van der Waals surface area contributed by atoms with Gasteiger partial charge in [-0.2, -0.15) is 0 Å². The minimum atomic E-state index is 0.154. The number of nitrogens with two attached hydrogens (primary N) is 1. The number of nitrogens with zero attached hydrogens (tertiary/aromatic N) is 1. The van der Waals surface area contributed by atoms with E-state index in [1.54, 1.807) is 6.26 Å². The molecule has 0 aliphatic carbocycles. The standard InChI is InChI=1S/C10H16N2O/c1-7(11)10-8-4-6-13-9(8)3-5-12(10)2/h4,6-7,10H,3,5,11H2,1-2H3. The van der Waals surface area contributed by atoms with Crippen LogP contribution in [0.25, 0.3) is 0 Å². The zero-order valence-electron chi connectivity index (χ0n) is 8.16. The van der Waals surface area contributed by atoms with Gasteiger partial charge in [-0.25, -0.2) is 0 Å². The first kappa shape index (κ1) is 8.78. The molecular weight excluding hydrogens is 164 g/mol. The highest BCUT2D eigenvalue weighted by Gasteiger charge is 2.29. The largest absolute Gasteiger partial charge is 0.469 e. The second-order valence-electron chi connectivity index (χ2n) is 3.83. The molecule has 0 saturated carbocycles. The highest BCUT2D eigenvalue weighted by molar-refractivity contribution is 5.25. The molecule has 1 aromatic heterocycles. The number of hydrogen-bond acceptors (Lipinski definition) is 3. The summed E-state index contributed by atoms with van der Waals surface area (Å²) in [5.41, 5.74) is 7.22. The van der Waals surface area contributed by atoms with Crippen LogP contribution in [0.1, 0.15) is 24.3 Å². The monoisotopic (exact) mass is 180 g/mol. The minimum absolute atomic E-state index is 0.154. The van der Waals surface area contributed by atoms with Crippen LogP contribution < -0.4 is 5.73 Å². The van der Waals surface area contributed by atoms with Crippen molar-refractivity contribution in [1.29, 1.82) is 0 Å². The zero-order chi connectivity index (χ0) is 9.42. The van der Waals surface area contributed by atoms with Crippen LogP contribution in [0, 0.1) is 0 Å². The van der Waals surface area contributed by atoms with Crippen LogP contribution in [0.4, 0.5) is 0 Å². The molecule has 1 aliphatic heterocycles. The van der Waals surface area contributed by atoms with Gasteiger partial charge in [-0.15, -0.1) is 0 Å². The minimum Gasteiger partial charge on any atom is -0.469 e. The molecule has 3 heteroatoms. The molecule has 1 aromatic rings. The average molecular weight is 180 g/mol. The molecule has 2 rings (SSSR count). The van der Waals surface area contributed by atoms with Crippen LogP contribution in [0.3, 0.4) is 0 Å². The molecule has 2 atom stereocenters. The molecule has 2 unspecified atom stereocenters. The Hall–Kier alpha value is -0.800. The molecule has 3 nitrogen and oxygen atoms in total. The van der Waals surface area contributed by atoms with E-state index in [0.717, 1.165) is 18.7 Å². The Bertz CT molecular complexity index is 293. The Morgan fingerprint density at radius 2 is 2.46 bits per heavy atom. The fourth-order valence-electron chi connectivity index (χ4n) is 2.16. The van der Waals surface area contributed by atoms with Gasteiger partial charge < -0.3 is 10.2 Å². The van der Waals surface area contributed by atoms with Crippen molar-refractivity contribution in [3.63, 3.8) is 0 Å². The molecule has 0 fully saturated rings. The number of rotatable bonds is 1. The highest BCUT2D eigenvalue weighted by Crippen LogP contribution is 2.30. The summed E-state index contributed by atoms with van der Waals surface area (Å²) in [6, 6.07) is 2.52. The van der Waals surface area contributed by atoms with Crippen molar-refractivity contribution < 1.29 is 4.42 Å². The molecule has 13 heavy (non-hydrogen) atoms. The van der Waals surface area contributed by atoms with Gasteiger partial charge in [-0.05, 0) is 20.0 Å². The molecule has 0 saturated heterocycles. The lowest BCUT2D eigenvalue weighted by atomic mass is 9.95. The lowest BCUT2D eigenvalue weighted by Crippen LogP contribution is -2.41. The van der Waals surface area contributed by atoms with Gasteiger partial charge in [-0.1, -0.05) is 0 Å². The fourth-order valence-corrected chi connectivity index (χ4v) is 2.16. The predicted molar refractivity (Wildman–Crippen MR) is 51.4 cm³/mol. The Balaban J connectivity index is 2.36. The summed E-state index contributed by atoms with van der Waals surface area (Å²) in [5.74, 6) is 1.11. The third-order valence-corrected chi connectivity index (χ3v) is 2.76. The first-order chi connectivity index (χ1) is 6.20. The normalized spacial score (nSPS) is 25.6. The van der Waals surface area contributed by atoms with E-state index in [-0.39, 0.29) is 6.04 Å². The Morgan fingerprint density at radius 3 is 3.15 bits per heavy atom. The summed E-state index contributed by atoms with van der Waals surface area (Å²) >= 11 is 0. The molecule has 0 aromatic carbocycles. The van der Waals surface area contributed by atoms with E-state index in [4.69, 9.17) is 10.2 Å². The second kappa shape index (κ2) is 3.16. The van der Waals surface area contributed by atoms with E-state index in [0.29, 0.717) is 6.04 Å². The van der Waals surface area contributed by atoms with Gasteiger partial charge in [0.2, 0.25) is 0 Å². The molecule has 0 amide bonds. The maximum absolute atomic E-state index is 5.95. The van der Waals surface area contributed by atoms with E-state index in [1.165, 1.54) is 5.56 Å². The van der Waals surface area contributed by atoms with E-state index in [2.05, 4.69) is 11.9 Å². The maximum atomic E-state index is 5.95. The summed E-state index contributed by atoms with van der Waals surface area (Å²) in [4.78, 5) is 2.29. The van der Waals surface area contributed by atoms with Crippen molar-refractivity contribution in [2.24, 2.45) is 5.73 Å². The quantitative estimate of drug-likeness (QED) is 0.705. The van der Waals surface area contributed by atoms with Crippen LogP contribution in [0.5, 0.6) is 0 Å². The lowest BCUT2D eigenvalue weighted by Gasteiger charge is -2.34. The molecule has 0 radical (unpaired) electrons. The summed E-state index contributed by atoms with van der Waals surface area (Å²) in [6.07, 6.45) is 2.77. The van der Waals surface area contributed by atoms with Crippen LogP contribution in [0.2, 0.25) is 0 Å². The number of fused-ring (bicyclic) bond motifs is 1. The van der Waals surface area contributed by atoms with Crippen molar-refractivity contribution in [1.82, 2.24) is 4.90 Å². The Labute approximate surface area is 78.5 Å². The van der Waals surface area contributed by atoms with Crippen molar-refractivity contribution in [3.8, 4) is 0 Å². The van der Waals surface area contributed by atoms with Gasteiger partial charge in [0.25, 0.3) is 0 Å². The molecule has 0 bridgehead atoms. The molecular formula is C10H16N2O. The second-order valence-corrected chi connectivity index (χ2v) is 3.83. The predicted octanol–water partition coefficient (Wildman–Crippen LogP) is 1.16. The van der Waals surface area contributed by atoms with Crippen LogP contribution in [-0.4, -0.2) is 24.5 Å². The van der Waals surface area contributed by atoms with Gasteiger partial charge in [0.15, 0.2) is 0 Å². The van der Waals surface area contributed by atoms with Gasteiger partial charge in [0, 0.05) is 24.6 Å². The highest BCUT2D eigenvalue weighted by atomic mass is 16.3. The molecule has 2 N–H and O–H groups in total. The topological polar surface area (TPSA) is 42.4 Å². The average Bonchev–Trinajstić information content (AvgIpc) is 2.50. The third kappa shape index (κ3) is 1.38. The first-order valence-electron chi connectivity index (χ1n) is 4.72. The number of furan rings is 1. The van der Waals surface area contributed by atoms with Crippen molar-refractivity contribution in [2.45, 2.75) is 25.4 Å². The summed E-state index contributed by atoms with van der Waals surface area (Å²) in [5, 5.41) is 0. The number of hydrogen-bond donors (Lipinski definition) is 1. The molecule has 2 heterocycles. The van der Waals surface area contributed by atoms with Gasteiger partial charge in [-0.3, -0.25) is 4.90 Å². The lowest BCUT2D eigenvalue weighted by molar-refractivity contribution is 0.196. The van der Waals surface area contributed by atoms with Crippen molar-refractivity contribution in [2.75, 3.05) is 13.6 Å². The van der Waals surface area contributed by atoms with Gasteiger partial charge in [0.1, 0.15) is 5.76 Å².